The van der Waals surface area contributed by atoms with Gasteiger partial charge in [0.15, 0.2) is 18.9 Å². The Kier molecular flexibility index (Phi) is 9.54. The van der Waals surface area contributed by atoms with E-state index in [4.69, 9.17) is 23.7 Å². The molecule has 0 radical (unpaired) electrons. The Labute approximate surface area is 192 Å². The molecule has 0 spiro atoms. The van der Waals surface area contributed by atoms with Gasteiger partial charge in [-0.05, 0) is 0 Å². The van der Waals surface area contributed by atoms with Crippen LogP contribution in [0, 0.1) is 0 Å². The fourth-order valence-corrected chi connectivity index (χ4v) is 3.94. The predicted molar refractivity (Wildman–Crippen MR) is 101 cm³/mol. The molecule has 3 heterocycles. The molecule has 11 N–H and O–H groups in total. The second kappa shape index (κ2) is 11.6. The van der Waals surface area contributed by atoms with Crippen molar-refractivity contribution in [1.29, 1.82) is 0 Å². The smallest absolute Gasteiger partial charge is 0.187 e. The minimum absolute atomic E-state index is 0.617. The molecule has 3 saturated heterocycles. The van der Waals surface area contributed by atoms with Crippen LogP contribution in [0.1, 0.15) is 0 Å². The van der Waals surface area contributed by atoms with Crippen molar-refractivity contribution < 1.29 is 79.9 Å². The summed E-state index contributed by atoms with van der Waals surface area (Å²) in [6.45, 7) is -2.06. The van der Waals surface area contributed by atoms with Crippen LogP contribution in [0.3, 0.4) is 0 Å². The van der Waals surface area contributed by atoms with E-state index >= 15 is 0 Å². The number of aliphatic hydroxyl groups is 11. The van der Waals surface area contributed by atoms with Gasteiger partial charge in [0.2, 0.25) is 0 Å². The molecule has 3 aliphatic rings. The van der Waals surface area contributed by atoms with Crippen molar-refractivity contribution in [2.75, 3.05) is 19.8 Å². The maximum atomic E-state index is 10.3. The standard InChI is InChI=1S/C18H32O16/c19-1-4-7(21)10(24)12(26)17(32-4)30-3-6-8(22)11(25)13(27)18(33-6)34-15-9(23)5(2-20)31-16(29)14(15)28/h4-29H,1-3H2/t4-,5-,6-,7-,8-,9-,10+,11+,12-,13-,14+,15+,16+,17+,18-/m1/s1. The van der Waals surface area contributed by atoms with E-state index in [-0.39, 0.29) is 0 Å². The molecule has 3 rings (SSSR count). The maximum absolute atomic E-state index is 10.3. The van der Waals surface area contributed by atoms with E-state index < -0.39 is 112 Å². The van der Waals surface area contributed by atoms with Crippen molar-refractivity contribution in [3.05, 3.63) is 0 Å². The van der Waals surface area contributed by atoms with Crippen LogP contribution in [0.5, 0.6) is 0 Å². The van der Waals surface area contributed by atoms with Gasteiger partial charge in [0.25, 0.3) is 0 Å². The van der Waals surface area contributed by atoms with E-state index in [9.17, 15) is 56.2 Å². The van der Waals surface area contributed by atoms with Gasteiger partial charge in [-0.2, -0.15) is 0 Å². The van der Waals surface area contributed by atoms with Gasteiger partial charge < -0.3 is 79.9 Å². The van der Waals surface area contributed by atoms with Crippen LogP contribution >= 0.6 is 0 Å². The first-order chi connectivity index (χ1) is 16.0. The van der Waals surface area contributed by atoms with E-state index in [1.165, 1.54) is 0 Å². The van der Waals surface area contributed by atoms with Gasteiger partial charge in [0.1, 0.15) is 73.2 Å². The SMILES string of the molecule is OC[C@H]1O[C@H](OC[C@H]2O[C@H](O[C@@H]3[C@H](O)[C@@H](O)O[C@H](CO)[C@H]3O)[C@H](O)[C@@H](O)[C@@H]2O)[C@H](O)[C@@H](O)[C@@H]1O. The van der Waals surface area contributed by atoms with Crippen molar-refractivity contribution in [2.45, 2.75) is 92.1 Å². The highest BCUT2D eigenvalue weighted by molar-refractivity contribution is 4.94. The van der Waals surface area contributed by atoms with Crippen LogP contribution in [-0.2, 0) is 23.7 Å². The predicted octanol–water partition coefficient (Wildman–Crippen LogP) is -7.57. The normalized spacial score (nSPS) is 52.5. The van der Waals surface area contributed by atoms with Crippen molar-refractivity contribution in [1.82, 2.24) is 0 Å². The summed E-state index contributed by atoms with van der Waals surface area (Å²) in [7, 11) is 0. The third-order valence-electron chi connectivity index (χ3n) is 6.07. The molecule has 0 unspecified atom stereocenters. The molecule has 0 aromatic carbocycles. The summed E-state index contributed by atoms with van der Waals surface area (Å²) in [5.74, 6) is 0. The van der Waals surface area contributed by atoms with Crippen LogP contribution in [0.2, 0.25) is 0 Å². The molecule has 0 amide bonds. The number of aliphatic hydroxyl groups excluding tert-OH is 11. The summed E-state index contributed by atoms with van der Waals surface area (Å²) in [4.78, 5) is 0. The summed E-state index contributed by atoms with van der Waals surface area (Å²) < 4.78 is 26.1. The summed E-state index contributed by atoms with van der Waals surface area (Å²) in [5, 5.41) is 109. The van der Waals surface area contributed by atoms with Crippen molar-refractivity contribution >= 4 is 0 Å². The van der Waals surface area contributed by atoms with Crippen LogP contribution in [0.15, 0.2) is 0 Å². The first-order valence-corrected chi connectivity index (χ1v) is 10.6. The summed E-state index contributed by atoms with van der Waals surface area (Å²) in [6.07, 6.45) is -25.0. The Morgan fingerprint density at radius 3 is 1.59 bits per heavy atom. The van der Waals surface area contributed by atoms with Gasteiger partial charge in [-0.15, -0.1) is 0 Å². The highest BCUT2D eigenvalue weighted by atomic mass is 16.7. The number of rotatable bonds is 7. The highest BCUT2D eigenvalue weighted by Gasteiger charge is 2.51. The van der Waals surface area contributed by atoms with Gasteiger partial charge in [-0.25, -0.2) is 0 Å². The van der Waals surface area contributed by atoms with Crippen LogP contribution in [0.25, 0.3) is 0 Å². The zero-order valence-corrected chi connectivity index (χ0v) is 17.7. The first-order valence-electron chi connectivity index (χ1n) is 10.6. The van der Waals surface area contributed by atoms with E-state index in [0.717, 1.165) is 0 Å². The van der Waals surface area contributed by atoms with Crippen molar-refractivity contribution in [3.63, 3.8) is 0 Å². The number of hydrogen-bond donors (Lipinski definition) is 11. The zero-order chi connectivity index (χ0) is 25.3. The maximum Gasteiger partial charge on any atom is 0.187 e. The van der Waals surface area contributed by atoms with Gasteiger partial charge in [-0.3, -0.25) is 0 Å². The summed E-state index contributed by atoms with van der Waals surface area (Å²) in [5.41, 5.74) is 0. The lowest BCUT2D eigenvalue weighted by Gasteiger charge is -2.45. The highest BCUT2D eigenvalue weighted by Crippen LogP contribution is 2.29. The fourth-order valence-electron chi connectivity index (χ4n) is 3.94. The molecule has 0 aliphatic carbocycles. The van der Waals surface area contributed by atoms with Crippen LogP contribution in [-0.4, -0.2) is 168 Å². The lowest BCUT2D eigenvalue weighted by molar-refractivity contribution is -0.362. The molecule has 15 atom stereocenters. The topological polar surface area (TPSA) is 269 Å². The van der Waals surface area contributed by atoms with Gasteiger partial charge in [0.05, 0.1) is 19.8 Å². The molecular formula is C18H32O16. The molecule has 16 heteroatoms. The largest absolute Gasteiger partial charge is 0.394 e. The zero-order valence-electron chi connectivity index (χ0n) is 17.7. The second-order valence-electron chi connectivity index (χ2n) is 8.37. The molecule has 3 aliphatic heterocycles. The van der Waals surface area contributed by atoms with Crippen molar-refractivity contribution in [3.8, 4) is 0 Å². The van der Waals surface area contributed by atoms with Crippen molar-refractivity contribution in [2.24, 2.45) is 0 Å². The minimum Gasteiger partial charge on any atom is -0.394 e. The Morgan fingerprint density at radius 2 is 1.00 bits per heavy atom. The Morgan fingerprint density at radius 1 is 0.500 bits per heavy atom. The molecular weight excluding hydrogens is 472 g/mol. The lowest BCUT2D eigenvalue weighted by atomic mass is 9.97. The molecule has 0 saturated carbocycles. The molecule has 0 aromatic heterocycles. The third kappa shape index (κ3) is 5.52. The summed E-state index contributed by atoms with van der Waals surface area (Å²) >= 11 is 0. The molecule has 3 fully saturated rings. The number of hydrogen-bond acceptors (Lipinski definition) is 16. The monoisotopic (exact) mass is 504 g/mol. The number of ether oxygens (including phenoxy) is 5. The minimum atomic E-state index is -1.88. The van der Waals surface area contributed by atoms with E-state index in [1.807, 2.05) is 0 Å². The average Bonchev–Trinajstić information content (AvgIpc) is 2.82. The molecule has 0 bridgehead atoms. The van der Waals surface area contributed by atoms with Crippen LogP contribution < -0.4 is 0 Å². The lowest BCUT2D eigenvalue weighted by Crippen LogP contribution is -2.65. The Hall–Kier alpha value is -0.640. The molecule has 16 nitrogen and oxygen atoms in total. The first kappa shape index (κ1) is 27.9. The van der Waals surface area contributed by atoms with Gasteiger partial charge >= 0.3 is 0 Å². The third-order valence-corrected chi connectivity index (χ3v) is 6.07. The van der Waals surface area contributed by atoms with Gasteiger partial charge in [0, 0.05) is 0 Å². The fraction of sp³-hybridized carbons (Fsp3) is 1.00. The van der Waals surface area contributed by atoms with E-state index in [2.05, 4.69) is 0 Å². The average molecular weight is 504 g/mol. The Bertz CT molecular complexity index is 639. The molecule has 0 aromatic rings. The quantitative estimate of drug-likeness (QED) is 0.154. The summed E-state index contributed by atoms with van der Waals surface area (Å²) in [6, 6.07) is 0. The molecule has 34 heavy (non-hydrogen) atoms. The van der Waals surface area contributed by atoms with E-state index in [1.54, 1.807) is 0 Å². The Balaban J connectivity index is 1.66. The van der Waals surface area contributed by atoms with Crippen LogP contribution in [0.4, 0.5) is 0 Å². The molecule has 200 valence electrons. The second-order valence-corrected chi connectivity index (χ2v) is 8.37. The van der Waals surface area contributed by atoms with E-state index in [0.29, 0.717) is 0 Å². The van der Waals surface area contributed by atoms with Gasteiger partial charge in [-0.1, -0.05) is 0 Å².